The van der Waals surface area contributed by atoms with Crippen LogP contribution in [0, 0.1) is 12.8 Å². The molecule has 3 nitrogen and oxygen atoms in total. The zero-order chi connectivity index (χ0) is 12.3. The van der Waals surface area contributed by atoms with Gasteiger partial charge < -0.3 is 11.1 Å². The molecule has 2 rings (SSSR count). The second kappa shape index (κ2) is 5.83. The molecule has 3 N–H and O–H groups in total. The molecule has 1 fully saturated rings. The largest absolute Gasteiger partial charge is 0.369 e. The molecular weight excluding hydrogens is 278 g/mol. The van der Waals surface area contributed by atoms with Gasteiger partial charge in [0.15, 0.2) is 0 Å². The molecule has 1 aliphatic rings. The van der Waals surface area contributed by atoms with Gasteiger partial charge in [0, 0.05) is 18.8 Å². The Hall–Kier alpha value is -0.610. The van der Waals surface area contributed by atoms with E-state index >= 15 is 0 Å². The van der Waals surface area contributed by atoms with Gasteiger partial charge in [-0.05, 0) is 59.7 Å². The molecular formula is C13H20BrN3. The van der Waals surface area contributed by atoms with Crippen LogP contribution < -0.4 is 11.1 Å². The van der Waals surface area contributed by atoms with Crippen molar-refractivity contribution in [2.24, 2.45) is 11.7 Å². The number of anilines is 1. The van der Waals surface area contributed by atoms with Crippen LogP contribution in [0.2, 0.25) is 0 Å². The van der Waals surface area contributed by atoms with E-state index < -0.39 is 0 Å². The molecule has 0 saturated heterocycles. The molecule has 1 saturated carbocycles. The molecule has 1 heterocycles. The molecule has 0 aliphatic heterocycles. The van der Waals surface area contributed by atoms with Crippen molar-refractivity contribution in [1.29, 1.82) is 0 Å². The quantitative estimate of drug-likeness (QED) is 0.901. The zero-order valence-corrected chi connectivity index (χ0v) is 11.8. The SMILES string of the molecule is Cc1cnc(NCC2CCCC(N)C2)c(Br)c1. The van der Waals surface area contributed by atoms with E-state index in [0.29, 0.717) is 12.0 Å². The van der Waals surface area contributed by atoms with Crippen molar-refractivity contribution in [3.8, 4) is 0 Å². The molecule has 94 valence electrons. The number of hydrogen-bond acceptors (Lipinski definition) is 3. The zero-order valence-electron chi connectivity index (χ0n) is 10.2. The number of nitrogens with one attached hydrogen (secondary N) is 1. The fourth-order valence-corrected chi connectivity index (χ4v) is 3.03. The first-order valence-corrected chi connectivity index (χ1v) is 7.06. The van der Waals surface area contributed by atoms with Crippen molar-refractivity contribution in [2.75, 3.05) is 11.9 Å². The van der Waals surface area contributed by atoms with Gasteiger partial charge in [-0.15, -0.1) is 0 Å². The molecule has 4 heteroatoms. The Morgan fingerprint density at radius 2 is 2.35 bits per heavy atom. The maximum atomic E-state index is 5.99. The van der Waals surface area contributed by atoms with E-state index in [1.807, 2.05) is 13.1 Å². The summed E-state index contributed by atoms with van der Waals surface area (Å²) < 4.78 is 1.04. The predicted molar refractivity (Wildman–Crippen MR) is 75.1 cm³/mol. The lowest BCUT2D eigenvalue weighted by Gasteiger charge is -2.26. The summed E-state index contributed by atoms with van der Waals surface area (Å²) in [5.74, 6) is 1.63. The smallest absolute Gasteiger partial charge is 0.140 e. The van der Waals surface area contributed by atoms with Crippen molar-refractivity contribution in [1.82, 2.24) is 4.98 Å². The minimum Gasteiger partial charge on any atom is -0.369 e. The van der Waals surface area contributed by atoms with Crippen LogP contribution in [0.4, 0.5) is 5.82 Å². The van der Waals surface area contributed by atoms with Crippen molar-refractivity contribution < 1.29 is 0 Å². The highest BCUT2D eigenvalue weighted by Gasteiger charge is 2.19. The third kappa shape index (κ3) is 3.68. The van der Waals surface area contributed by atoms with Gasteiger partial charge in [0.1, 0.15) is 5.82 Å². The molecule has 0 aromatic carbocycles. The Kier molecular flexibility index (Phi) is 4.40. The first kappa shape index (κ1) is 12.8. The van der Waals surface area contributed by atoms with Crippen LogP contribution in [0.1, 0.15) is 31.2 Å². The monoisotopic (exact) mass is 297 g/mol. The Balaban J connectivity index is 1.88. The van der Waals surface area contributed by atoms with Crippen LogP contribution in [0.3, 0.4) is 0 Å². The van der Waals surface area contributed by atoms with E-state index in [2.05, 4.69) is 32.3 Å². The van der Waals surface area contributed by atoms with E-state index in [1.54, 1.807) is 0 Å². The fourth-order valence-electron chi connectivity index (χ4n) is 2.42. The summed E-state index contributed by atoms with van der Waals surface area (Å²) in [7, 11) is 0. The molecule has 0 bridgehead atoms. The Labute approximate surface area is 111 Å². The van der Waals surface area contributed by atoms with Gasteiger partial charge in [-0.25, -0.2) is 4.98 Å². The minimum atomic E-state index is 0.393. The van der Waals surface area contributed by atoms with Gasteiger partial charge in [-0.1, -0.05) is 6.42 Å². The van der Waals surface area contributed by atoms with E-state index in [9.17, 15) is 0 Å². The number of rotatable bonds is 3. The summed E-state index contributed by atoms with van der Waals surface area (Å²) in [4.78, 5) is 4.39. The molecule has 0 spiro atoms. The third-order valence-electron chi connectivity index (χ3n) is 3.36. The minimum absolute atomic E-state index is 0.393. The van der Waals surface area contributed by atoms with Gasteiger partial charge in [0.2, 0.25) is 0 Å². The van der Waals surface area contributed by atoms with Gasteiger partial charge in [0.05, 0.1) is 4.47 Å². The molecule has 1 aromatic heterocycles. The summed E-state index contributed by atoms with van der Waals surface area (Å²) in [6.45, 7) is 3.02. The summed E-state index contributed by atoms with van der Waals surface area (Å²) >= 11 is 3.53. The van der Waals surface area contributed by atoms with Gasteiger partial charge in [-0.2, -0.15) is 0 Å². The number of nitrogens with two attached hydrogens (primary N) is 1. The lowest BCUT2D eigenvalue weighted by atomic mass is 9.86. The maximum Gasteiger partial charge on any atom is 0.140 e. The van der Waals surface area contributed by atoms with E-state index in [4.69, 9.17) is 5.73 Å². The predicted octanol–water partition coefficient (Wildman–Crippen LogP) is 3.08. The van der Waals surface area contributed by atoms with Crippen LogP contribution in [0.25, 0.3) is 0 Å². The average Bonchev–Trinajstić information content (AvgIpc) is 2.28. The number of aromatic nitrogens is 1. The van der Waals surface area contributed by atoms with Gasteiger partial charge >= 0.3 is 0 Å². The number of pyridine rings is 1. The molecule has 17 heavy (non-hydrogen) atoms. The van der Waals surface area contributed by atoms with Crippen LogP contribution in [-0.4, -0.2) is 17.6 Å². The van der Waals surface area contributed by atoms with E-state index in [0.717, 1.165) is 23.3 Å². The highest BCUT2D eigenvalue weighted by Crippen LogP contribution is 2.25. The Morgan fingerprint density at radius 3 is 3.06 bits per heavy atom. The van der Waals surface area contributed by atoms with E-state index in [1.165, 1.54) is 24.8 Å². The van der Waals surface area contributed by atoms with Crippen LogP contribution in [0.15, 0.2) is 16.7 Å². The topological polar surface area (TPSA) is 50.9 Å². The van der Waals surface area contributed by atoms with Crippen molar-refractivity contribution >= 4 is 21.7 Å². The second-order valence-electron chi connectivity index (χ2n) is 5.02. The van der Waals surface area contributed by atoms with Crippen LogP contribution in [0.5, 0.6) is 0 Å². The second-order valence-corrected chi connectivity index (χ2v) is 5.87. The Morgan fingerprint density at radius 1 is 1.53 bits per heavy atom. The first-order valence-electron chi connectivity index (χ1n) is 6.26. The number of aryl methyl sites for hydroxylation is 1. The normalized spacial score (nSPS) is 24.6. The lowest BCUT2D eigenvalue weighted by molar-refractivity contribution is 0.335. The molecule has 0 radical (unpaired) electrons. The third-order valence-corrected chi connectivity index (χ3v) is 3.96. The maximum absolute atomic E-state index is 5.99. The van der Waals surface area contributed by atoms with E-state index in [-0.39, 0.29) is 0 Å². The van der Waals surface area contributed by atoms with Gasteiger partial charge in [-0.3, -0.25) is 0 Å². The summed E-state index contributed by atoms with van der Waals surface area (Å²) in [5, 5.41) is 3.42. The van der Waals surface area contributed by atoms with Crippen molar-refractivity contribution in [3.05, 3.63) is 22.3 Å². The van der Waals surface area contributed by atoms with Crippen molar-refractivity contribution in [2.45, 2.75) is 38.6 Å². The average molecular weight is 298 g/mol. The molecule has 1 aliphatic carbocycles. The Bertz CT molecular complexity index is 381. The lowest BCUT2D eigenvalue weighted by Crippen LogP contribution is -2.31. The summed E-state index contributed by atoms with van der Waals surface area (Å²) in [6, 6.07) is 2.48. The molecule has 0 amide bonds. The van der Waals surface area contributed by atoms with Gasteiger partial charge in [0.25, 0.3) is 0 Å². The highest BCUT2D eigenvalue weighted by molar-refractivity contribution is 9.10. The number of hydrogen-bond donors (Lipinski definition) is 2. The number of nitrogens with zero attached hydrogens (tertiary/aromatic N) is 1. The molecule has 2 atom stereocenters. The summed E-state index contributed by atoms with van der Waals surface area (Å²) in [5.41, 5.74) is 7.16. The van der Waals surface area contributed by atoms with Crippen molar-refractivity contribution in [3.63, 3.8) is 0 Å². The molecule has 2 unspecified atom stereocenters. The molecule has 1 aromatic rings. The number of halogens is 1. The van der Waals surface area contributed by atoms with Crippen LogP contribution >= 0.6 is 15.9 Å². The first-order chi connectivity index (χ1) is 8.15. The summed E-state index contributed by atoms with van der Waals surface area (Å²) in [6.07, 6.45) is 6.75. The standard InChI is InChI=1S/C13H20BrN3/c1-9-5-12(14)13(16-7-9)17-8-10-3-2-4-11(15)6-10/h5,7,10-11H,2-4,6,8,15H2,1H3,(H,16,17). The fraction of sp³-hybridized carbons (Fsp3) is 0.615. The highest BCUT2D eigenvalue weighted by atomic mass is 79.9. The van der Waals surface area contributed by atoms with Crippen LogP contribution in [-0.2, 0) is 0 Å².